The minimum Gasteiger partial charge on any atom is -0.296 e. The number of aromatic nitrogens is 2. The van der Waals surface area contributed by atoms with Gasteiger partial charge in [-0.3, -0.25) is 10.00 Å². The van der Waals surface area contributed by atoms with E-state index in [4.69, 9.17) is 0 Å². The maximum atomic E-state index is 4.11. The van der Waals surface area contributed by atoms with Crippen LogP contribution in [0.5, 0.6) is 0 Å². The first-order valence-electron chi connectivity index (χ1n) is 4.60. The fraction of sp³-hybridized carbons (Fsp3) is 0.667. The molecule has 2 bridgehead atoms. The maximum absolute atomic E-state index is 4.11. The van der Waals surface area contributed by atoms with Crippen molar-refractivity contribution < 1.29 is 0 Å². The molecule has 3 nitrogen and oxygen atoms in total. The quantitative estimate of drug-likeness (QED) is 0.621. The van der Waals surface area contributed by atoms with Gasteiger partial charge in [0.1, 0.15) is 0 Å². The van der Waals surface area contributed by atoms with Gasteiger partial charge in [0.25, 0.3) is 0 Å². The zero-order valence-corrected chi connectivity index (χ0v) is 7.25. The average Bonchev–Trinajstić information content (AvgIpc) is 2.59. The Kier molecular flexibility index (Phi) is 1.17. The Morgan fingerprint density at radius 1 is 1.58 bits per heavy atom. The van der Waals surface area contributed by atoms with E-state index in [0.717, 1.165) is 6.04 Å². The summed E-state index contributed by atoms with van der Waals surface area (Å²) in [6.45, 7) is 0. The molecule has 2 unspecified atom stereocenters. The monoisotopic (exact) mass is 163 g/mol. The summed E-state index contributed by atoms with van der Waals surface area (Å²) in [5.41, 5.74) is 2.81. The molecule has 2 aliphatic rings. The molecule has 2 atom stereocenters. The Morgan fingerprint density at radius 2 is 2.50 bits per heavy atom. The third-order valence-corrected chi connectivity index (χ3v) is 3.39. The summed E-state index contributed by atoms with van der Waals surface area (Å²) in [6, 6.07) is 1.42. The Labute approximate surface area is 71.8 Å². The number of hydrogen-bond acceptors (Lipinski definition) is 2. The molecular formula is C9H13N3. The predicted molar refractivity (Wildman–Crippen MR) is 45.8 cm³/mol. The SMILES string of the molecule is CN1C2CCC1c1cn[nH]c1C2. The number of aromatic amines is 1. The minimum absolute atomic E-state index is 0.650. The molecule has 3 heterocycles. The van der Waals surface area contributed by atoms with E-state index in [-0.39, 0.29) is 0 Å². The van der Waals surface area contributed by atoms with Gasteiger partial charge in [0.2, 0.25) is 0 Å². The van der Waals surface area contributed by atoms with Crippen molar-refractivity contribution in [3.8, 4) is 0 Å². The van der Waals surface area contributed by atoms with Crippen LogP contribution in [-0.2, 0) is 6.42 Å². The van der Waals surface area contributed by atoms with Crippen LogP contribution in [0.25, 0.3) is 0 Å². The molecule has 2 aliphatic heterocycles. The second-order valence-electron chi connectivity index (χ2n) is 3.92. The van der Waals surface area contributed by atoms with E-state index in [0.29, 0.717) is 6.04 Å². The molecule has 3 rings (SSSR count). The van der Waals surface area contributed by atoms with Gasteiger partial charge < -0.3 is 0 Å². The van der Waals surface area contributed by atoms with Crippen LogP contribution in [0.1, 0.15) is 30.1 Å². The van der Waals surface area contributed by atoms with Crippen LogP contribution < -0.4 is 0 Å². The Hall–Kier alpha value is -0.830. The molecule has 0 saturated carbocycles. The lowest BCUT2D eigenvalue weighted by Gasteiger charge is -2.30. The highest BCUT2D eigenvalue weighted by molar-refractivity contribution is 5.27. The summed E-state index contributed by atoms with van der Waals surface area (Å²) in [7, 11) is 2.23. The van der Waals surface area contributed by atoms with Crippen molar-refractivity contribution in [1.29, 1.82) is 0 Å². The fourth-order valence-electron chi connectivity index (χ4n) is 2.64. The van der Waals surface area contributed by atoms with Gasteiger partial charge >= 0.3 is 0 Å². The van der Waals surface area contributed by atoms with Crippen molar-refractivity contribution in [3.05, 3.63) is 17.5 Å². The van der Waals surface area contributed by atoms with E-state index < -0.39 is 0 Å². The van der Waals surface area contributed by atoms with Crippen molar-refractivity contribution in [2.24, 2.45) is 0 Å². The summed E-state index contributed by atoms with van der Waals surface area (Å²) < 4.78 is 0. The molecule has 0 spiro atoms. The molecule has 12 heavy (non-hydrogen) atoms. The van der Waals surface area contributed by atoms with Crippen molar-refractivity contribution in [2.45, 2.75) is 31.3 Å². The average molecular weight is 163 g/mol. The van der Waals surface area contributed by atoms with Gasteiger partial charge in [-0.05, 0) is 19.9 Å². The van der Waals surface area contributed by atoms with E-state index in [1.54, 1.807) is 0 Å². The van der Waals surface area contributed by atoms with E-state index in [9.17, 15) is 0 Å². The van der Waals surface area contributed by atoms with Gasteiger partial charge in [-0.25, -0.2) is 0 Å². The van der Waals surface area contributed by atoms with E-state index in [2.05, 4.69) is 22.1 Å². The van der Waals surface area contributed by atoms with Crippen LogP contribution in [0.15, 0.2) is 6.20 Å². The molecule has 0 aromatic carbocycles. The predicted octanol–water partition coefficient (Wildman–Crippen LogP) is 1.10. The lowest BCUT2D eigenvalue weighted by Crippen LogP contribution is -2.33. The van der Waals surface area contributed by atoms with Crippen LogP contribution in [0, 0.1) is 0 Å². The Morgan fingerprint density at radius 3 is 3.42 bits per heavy atom. The minimum atomic E-state index is 0.650. The van der Waals surface area contributed by atoms with Crippen LogP contribution in [-0.4, -0.2) is 28.2 Å². The Balaban J connectivity index is 2.12. The molecule has 3 heteroatoms. The van der Waals surface area contributed by atoms with Gasteiger partial charge in [0.15, 0.2) is 0 Å². The topological polar surface area (TPSA) is 31.9 Å². The van der Waals surface area contributed by atoms with Gasteiger partial charge in [-0.15, -0.1) is 0 Å². The number of nitrogens with zero attached hydrogens (tertiary/aromatic N) is 2. The molecule has 64 valence electrons. The van der Waals surface area contributed by atoms with E-state index >= 15 is 0 Å². The van der Waals surface area contributed by atoms with Crippen LogP contribution >= 0.6 is 0 Å². The number of fused-ring (bicyclic) bond motifs is 4. The van der Waals surface area contributed by atoms with Gasteiger partial charge in [-0.1, -0.05) is 0 Å². The van der Waals surface area contributed by atoms with Crippen molar-refractivity contribution in [1.82, 2.24) is 15.1 Å². The third kappa shape index (κ3) is 0.672. The van der Waals surface area contributed by atoms with Crippen LogP contribution in [0.3, 0.4) is 0 Å². The molecular weight excluding hydrogens is 150 g/mol. The number of H-pyrrole nitrogens is 1. The summed E-state index contributed by atoms with van der Waals surface area (Å²) >= 11 is 0. The lowest BCUT2D eigenvalue weighted by molar-refractivity contribution is 0.223. The van der Waals surface area contributed by atoms with Crippen molar-refractivity contribution in [3.63, 3.8) is 0 Å². The Bertz CT molecular complexity index is 304. The summed E-state index contributed by atoms with van der Waals surface area (Å²) in [6.07, 6.45) is 5.83. The normalized spacial score (nSPS) is 33.8. The van der Waals surface area contributed by atoms with Crippen molar-refractivity contribution in [2.75, 3.05) is 7.05 Å². The number of nitrogens with one attached hydrogen (secondary N) is 1. The molecule has 1 fully saturated rings. The molecule has 1 aromatic rings. The van der Waals surface area contributed by atoms with Gasteiger partial charge in [0, 0.05) is 29.8 Å². The first-order valence-corrected chi connectivity index (χ1v) is 4.60. The van der Waals surface area contributed by atoms with Gasteiger partial charge in [-0.2, -0.15) is 5.10 Å². The van der Waals surface area contributed by atoms with Crippen molar-refractivity contribution >= 4 is 0 Å². The number of likely N-dealkylation sites (N-methyl/N-ethyl adjacent to an activating group) is 1. The summed E-state index contributed by atoms with van der Waals surface area (Å²) in [5, 5.41) is 7.21. The zero-order valence-electron chi connectivity index (χ0n) is 7.25. The lowest BCUT2D eigenvalue weighted by atomic mass is 10.0. The largest absolute Gasteiger partial charge is 0.296 e. The zero-order chi connectivity index (χ0) is 8.13. The molecule has 0 radical (unpaired) electrons. The fourth-order valence-corrected chi connectivity index (χ4v) is 2.64. The third-order valence-electron chi connectivity index (χ3n) is 3.39. The number of rotatable bonds is 0. The second-order valence-corrected chi connectivity index (χ2v) is 3.92. The highest BCUT2D eigenvalue weighted by Gasteiger charge is 2.38. The number of hydrogen-bond donors (Lipinski definition) is 1. The standard InChI is InChI=1S/C9H13N3/c1-12-6-2-3-9(12)7-5-10-11-8(7)4-6/h5-6,9H,2-4H2,1H3,(H,10,11). The second kappa shape index (κ2) is 2.10. The van der Waals surface area contributed by atoms with E-state index in [1.807, 2.05) is 6.20 Å². The van der Waals surface area contributed by atoms with E-state index in [1.165, 1.54) is 30.5 Å². The first kappa shape index (κ1) is 6.66. The highest BCUT2D eigenvalue weighted by Crippen LogP contribution is 2.41. The summed E-state index contributed by atoms with van der Waals surface area (Å²) in [4.78, 5) is 2.50. The molecule has 0 aliphatic carbocycles. The van der Waals surface area contributed by atoms with Crippen LogP contribution in [0.4, 0.5) is 0 Å². The molecule has 1 saturated heterocycles. The first-order chi connectivity index (χ1) is 5.86. The molecule has 0 amide bonds. The summed E-state index contributed by atoms with van der Waals surface area (Å²) in [5.74, 6) is 0. The molecule has 1 aromatic heterocycles. The highest BCUT2D eigenvalue weighted by atomic mass is 15.2. The molecule has 1 N–H and O–H groups in total. The van der Waals surface area contributed by atoms with Crippen LogP contribution in [0.2, 0.25) is 0 Å². The van der Waals surface area contributed by atoms with Gasteiger partial charge in [0.05, 0.1) is 6.20 Å². The smallest absolute Gasteiger partial charge is 0.0538 e. The maximum Gasteiger partial charge on any atom is 0.0538 e.